The number of hydrogen-bond donors (Lipinski definition) is 1. The number of rotatable bonds is 9. The highest BCUT2D eigenvalue weighted by atomic mass is 79.9. The van der Waals surface area contributed by atoms with Crippen molar-refractivity contribution in [3.05, 3.63) is 59.1 Å². The van der Waals surface area contributed by atoms with Crippen LogP contribution >= 0.6 is 15.9 Å². The molecular weight excluding hydrogens is 368 g/mol. The number of likely N-dealkylation sites (N-methyl/N-ethyl adjacent to an activating group) is 1. The molecule has 0 radical (unpaired) electrons. The third-order valence-electron chi connectivity index (χ3n) is 3.61. The molecule has 24 heavy (non-hydrogen) atoms. The number of carbonyl (C=O) groups excluding carboxylic acids is 1. The summed E-state index contributed by atoms with van der Waals surface area (Å²) in [7, 11) is 2.02. The summed E-state index contributed by atoms with van der Waals surface area (Å²) in [6.45, 7) is 1.94. The summed E-state index contributed by atoms with van der Waals surface area (Å²) in [4.78, 5) is 14.0. The van der Waals surface area contributed by atoms with Gasteiger partial charge in [0.1, 0.15) is 5.75 Å². The predicted molar refractivity (Wildman–Crippen MR) is 102 cm³/mol. The van der Waals surface area contributed by atoms with Crippen molar-refractivity contribution >= 4 is 27.5 Å². The summed E-state index contributed by atoms with van der Waals surface area (Å²) in [6.07, 6.45) is 1.17. The quantitative estimate of drug-likeness (QED) is 0.660. The number of halogens is 1. The highest BCUT2D eigenvalue weighted by molar-refractivity contribution is 9.10. The van der Waals surface area contributed by atoms with Gasteiger partial charge in [-0.25, -0.2) is 0 Å². The molecule has 0 aliphatic rings. The summed E-state index contributed by atoms with van der Waals surface area (Å²) in [5, 5.41) is 2.95. The second-order valence-electron chi connectivity index (χ2n) is 5.49. The molecule has 0 spiro atoms. The molecule has 0 unspecified atom stereocenters. The van der Waals surface area contributed by atoms with Crippen molar-refractivity contribution in [2.75, 3.05) is 31.6 Å². The Morgan fingerprint density at radius 3 is 2.58 bits per heavy atom. The van der Waals surface area contributed by atoms with Gasteiger partial charge in [0, 0.05) is 32.2 Å². The standard InChI is InChI=1S/C19H23BrN2O2/c1-22(16-8-3-2-4-9-16)14-13-21-19(23)12-7-15-24-18-11-6-5-10-17(18)20/h2-6,8-11H,7,12-15H2,1H3,(H,21,23). The first kappa shape index (κ1) is 18.3. The third-order valence-corrected chi connectivity index (χ3v) is 4.26. The van der Waals surface area contributed by atoms with Crippen LogP contribution in [0.4, 0.5) is 5.69 Å². The highest BCUT2D eigenvalue weighted by Gasteiger charge is 2.04. The van der Waals surface area contributed by atoms with Crippen LogP contribution in [0.5, 0.6) is 5.75 Å². The van der Waals surface area contributed by atoms with Gasteiger partial charge >= 0.3 is 0 Å². The first-order valence-electron chi connectivity index (χ1n) is 8.07. The summed E-state index contributed by atoms with van der Waals surface area (Å²) in [5.41, 5.74) is 1.15. The molecule has 2 rings (SSSR count). The van der Waals surface area contributed by atoms with Crippen LogP contribution in [0.1, 0.15) is 12.8 Å². The van der Waals surface area contributed by atoms with E-state index >= 15 is 0 Å². The Kier molecular flexibility index (Phi) is 7.62. The first-order valence-corrected chi connectivity index (χ1v) is 8.86. The zero-order chi connectivity index (χ0) is 17.2. The average molecular weight is 391 g/mol. The number of para-hydroxylation sites is 2. The number of hydrogen-bond acceptors (Lipinski definition) is 3. The molecule has 0 aliphatic carbocycles. The third kappa shape index (κ3) is 6.24. The zero-order valence-electron chi connectivity index (χ0n) is 13.9. The molecule has 128 valence electrons. The van der Waals surface area contributed by atoms with Crippen LogP contribution in [-0.2, 0) is 4.79 Å². The minimum absolute atomic E-state index is 0.0622. The van der Waals surface area contributed by atoms with Gasteiger partial charge < -0.3 is 15.0 Å². The lowest BCUT2D eigenvalue weighted by Crippen LogP contribution is -2.33. The number of amides is 1. The van der Waals surface area contributed by atoms with Crippen LogP contribution in [0.3, 0.4) is 0 Å². The zero-order valence-corrected chi connectivity index (χ0v) is 15.5. The van der Waals surface area contributed by atoms with Crippen molar-refractivity contribution in [3.8, 4) is 5.75 Å². The highest BCUT2D eigenvalue weighted by Crippen LogP contribution is 2.23. The Morgan fingerprint density at radius 2 is 1.83 bits per heavy atom. The van der Waals surface area contributed by atoms with Crippen molar-refractivity contribution < 1.29 is 9.53 Å². The van der Waals surface area contributed by atoms with E-state index in [1.54, 1.807) is 0 Å². The topological polar surface area (TPSA) is 41.6 Å². The molecule has 2 aromatic rings. The maximum Gasteiger partial charge on any atom is 0.220 e. The van der Waals surface area contributed by atoms with Gasteiger partial charge in [-0.05, 0) is 46.6 Å². The fourth-order valence-corrected chi connectivity index (χ4v) is 2.64. The van der Waals surface area contributed by atoms with Crippen LogP contribution in [0.25, 0.3) is 0 Å². The summed E-state index contributed by atoms with van der Waals surface area (Å²) < 4.78 is 6.58. The van der Waals surface area contributed by atoms with Crippen LogP contribution in [-0.4, -0.2) is 32.7 Å². The van der Waals surface area contributed by atoms with E-state index in [4.69, 9.17) is 4.74 Å². The Labute approximate surface area is 151 Å². The van der Waals surface area contributed by atoms with E-state index in [1.807, 2.05) is 49.5 Å². The van der Waals surface area contributed by atoms with Crippen molar-refractivity contribution in [3.63, 3.8) is 0 Å². The van der Waals surface area contributed by atoms with Gasteiger partial charge in [0.15, 0.2) is 0 Å². The molecule has 0 bridgehead atoms. The Hall–Kier alpha value is -2.01. The molecular formula is C19H23BrN2O2. The molecule has 0 heterocycles. The Bertz CT molecular complexity index is 634. The van der Waals surface area contributed by atoms with Gasteiger partial charge in [-0.15, -0.1) is 0 Å². The lowest BCUT2D eigenvalue weighted by atomic mass is 10.3. The number of nitrogens with zero attached hydrogens (tertiary/aromatic N) is 1. The summed E-state index contributed by atoms with van der Waals surface area (Å²) >= 11 is 3.44. The van der Waals surface area contributed by atoms with Gasteiger partial charge in [-0.1, -0.05) is 30.3 Å². The smallest absolute Gasteiger partial charge is 0.220 e. The van der Waals surface area contributed by atoms with Crippen molar-refractivity contribution in [2.45, 2.75) is 12.8 Å². The Morgan fingerprint density at radius 1 is 1.12 bits per heavy atom. The van der Waals surface area contributed by atoms with Crippen LogP contribution in [0.2, 0.25) is 0 Å². The van der Waals surface area contributed by atoms with E-state index in [0.717, 1.165) is 22.5 Å². The molecule has 0 aromatic heterocycles. The number of benzene rings is 2. The van der Waals surface area contributed by atoms with E-state index in [1.165, 1.54) is 0 Å². The molecule has 1 N–H and O–H groups in total. The van der Waals surface area contributed by atoms with Crippen LogP contribution < -0.4 is 15.0 Å². The maximum absolute atomic E-state index is 11.8. The summed E-state index contributed by atoms with van der Waals surface area (Å²) in [5.74, 6) is 0.870. The van der Waals surface area contributed by atoms with E-state index in [9.17, 15) is 4.79 Å². The van der Waals surface area contributed by atoms with Crippen LogP contribution in [0, 0.1) is 0 Å². The molecule has 1 amide bonds. The summed E-state index contributed by atoms with van der Waals surface area (Å²) in [6, 6.07) is 17.8. The number of carbonyl (C=O) groups is 1. The van der Waals surface area contributed by atoms with E-state index in [-0.39, 0.29) is 5.91 Å². The van der Waals surface area contributed by atoms with E-state index < -0.39 is 0 Å². The molecule has 0 saturated carbocycles. The normalized spacial score (nSPS) is 10.2. The minimum Gasteiger partial charge on any atom is -0.492 e. The molecule has 2 aromatic carbocycles. The minimum atomic E-state index is 0.0622. The van der Waals surface area contributed by atoms with Crippen molar-refractivity contribution in [2.24, 2.45) is 0 Å². The molecule has 0 aliphatic heterocycles. The fraction of sp³-hybridized carbons (Fsp3) is 0.316. The maximum atomic E-state index is 11.8. The molecule has 4 nitrogen and oxygen atoms in total. The predicted octanol–water partition coefficient (Wildman–Crippen LogP) is 3.86. The number of ether oxygens (including phenoxy) is 1. The van der Waals surface area contributed by atoms with Crippen LogP contribution in [0.15, 0.2) is 59.1 Å². The lowest BCUT2D eigenvalue weighted by Gasteiger charge is -2.19. The van der Waals surface area contributed by atoms with Gasteiger partial charge in [0.25, 0.3) is 0 Å². The fourth-order valence-electron chi connectivity index (χ4n) is 2.24. The lowest BCUT2D eigenvalue weighted by molar-refractivity contribution is -0.121. The second kappa shape index (κ2) is 9.98. The molecule has 0 saturated heterocycles. The van der Waals surface area contributed by atoms with Gasteiger partial charge in [-0.3, -0.25) is 4.79 Å². The Balaban J connectivity index is 1.58. The van der Waals surface area contributed by atoms with Gasteiger partial charge in [0.05, 0.1) is 11.1 Å². The number of anilines is 1. The van der Waals surface area contributed by atoms with Crippen molar-refractivity contribution in [1.29, 1.82) is 0 Å². The largest absolute Gasteiger partial charge is 0.492 e. The second-order valence-corrected chi connectivity index (χ2v) is 6.34. The SMILES string of the molecule is CN(CCNC(=O)CCCOc1ccccc1Br)c1ccccc1. The average Bonchev–Trinajstić information content (AvgIpc) is 2.61. The van der Waals surface area contributed by atoms with Gasteiger partial charge in [-0.2, -0.15) is 0 Å². The monoisotopic (exact) mass is 390 g/mol. The molecule has 0 fully saturated rings. The molecule has 5 heteroatoms. The molecule has 0 atom stereocenters. The van der Waals surface area contributed by atoms with E-state index in [0.29, 0.717) is 26.0 Å². The first-order chi connectivity index (χ1) is 11.7. The number of nitrogens with one attached hydrogen (secondary N) is 1. The van der Waals surface area contributed by atoms with E-state index in [2.05, 4.69) is 38.3 Å². The van der Waals surface area contributed by atoms with Gasteiger partial charge in [0.2, 0.25) is 5.91 Å². The van der Waals surface area contributed by atoms with Crippen molar-refractivity contribution in [1.82, 2.24) is 5.32 Å².